The lowest BCUT2D eigenvalue weighted by atomic mass is 10.1. The van der Waals surface area contributed by atoms with E-state index in [2.05, 4.69) is 15.2 Å². The fourth-order valence-electron chi connectivity index (χ4n) is 2.34. The maximum Gasteiger partial charge on any atom is 0.272 e. The van der Waals surface area contributed by atoms with Gasteiger partial charge in [0, 0.05) is 38.1 Å². The third kappa shape index (κ3) is 4.20. The minimum absolute atomic E-state index is 0.0564. The number of aromatic nitrogens is 1. The zero-order valence-corrected chi connectivity index (χ0v) is 12.4. The Morgan fingerprint density at radius 1 is 1.35 bits per heavy atom. The highest BCUT2D eigenvalue weighted by Crippen LogP contribution is 2.14. The van der Waals surface area contributed by atoms with Gasteiger partial charge in [-0.3, -0.25) is 9.78 Å². The Morgan fingerprint density at radius 2 is 2.10 bits per heavy atom. The van der Waals surface area contributed by atoms with Gasteiger partial charge in [0.2, 0.25) is 0 Å². The average Bonchev–Trinajstić information content (AvgIpc) is 2.47. The van der Waals surface area contributed by atoms with E-state index in [0.29, 0.717) is 5.69 Å². The van der Waals surface area contributed by atoms with Crippen LogP contribution in [0.1, 0.15) is 29.8 Å². The minimum Gasteiger partial charge on any atom is -0.384 e. The first-order valence-electron chi connectivity index (χ1n) is 7.31. The van der Waals surface area contributed by atoms with Crippen LogP contribution in [-0.4, -0.2) is 61.0 Å². The fraction of sp³-hybridized carbons (Fsp3) is 0.600. The van der Waals surface area contributed by atoms with Crippen molar-refractivity contribution in [3.8, 4) is 0 Å². The molecular formula is C15H24N4O. The van der Waals surface area contributed by atoms with Gasteiger partial charge in [0.1, 0.15) is 5.69 Å². The number of hydrogen-bond donors (Lipinski definition) is 1. The van der Waals surface area contributed by atoms with Crippen molar-refractivity contribution in [2.45, 2.75) is 19.3 Å². The molecule has 5 heteroatoms. The average molecular weight is 276 g/mol. The van der Waals surface area contributed by atoms with Gasteiger partial charge in [-0.15, -0.1) is 0 Å². The van der Waals surface area contributed by atoms with Crippen LogP contribution in [0.2, 0.25) is 0 Å². The third-order valence-electron chi connectivity index (χ3n) is 3.51. The summed E-state index contributed by atoms with van der Waals surface area (Å²) in [5, 5.41) is 3.32. The Morgan fingerprint density at radius 3 is 2.80 bits per heavy atom. The highest BCUT2D eigenvalue weighted by Gasteiger charge is 2.19. The number of nitrogens with one attached hydrogen (secondary N) is 1. The Balaban J connectivity index is 1.95. The van der Waals surface area contributed by atoms with E-state index in [1.807, 2.05) is 31.1 Å². The summed E-state index contributed by atoms with van der Waals surface area (Å²) < 4.78 is 0. The second-order valence-corrected chi connectivity index (χ2v) is 5.51. The van der Waals surface area contributed by atoms with E-state index in [4.69, 9.17) is 0 Å². The van der Waals surface area contributed by atoms with Gasteiger partial charge >= 0.3 is 0 Å². The van der Waals surface area contributed by atoms with Gasteiger partial charge in [-0.05, 0) is 45.5 Å². The number of carbonyl (C=O) groups is 1. The standard InChI is InChI=1S/C15H24N4O/c1-18(2)11-8-16-13-6-7-17-14(12-13)15(20)19-9-4-3-5-10-19/h6-7,12H,3-5,8-11H2,1-2H3,(H,16,17). The molecule has 0 saturated carbocycles. The normalized spacial score (nSPS) is 15.4. The summed E-state index contributed by atoms with van der Waals surface area (Å²) >= 11 is 0. The monoisotopic (exact) mass is 276 g/mol. The topological polar surface area (TPSA) is 48.5 Å². The van der Waals surface area contributed by atoms with Crippen molar-refractivity contribution in [3.63, 3.8) is 0 Å². The number of likely N-dealkylation sites (tertiary alicyclic amines) is 1. The molecule has 0 unspecified atom stereocenters. The number of piperidine rings is 1. The Hall–Kier alpha value is -1.62. The molecule has 1 fully saturated rings. The van der Waals surface area contributed by atoms with Crippen LogP contribution in [0.4, 0.5) is 5.69 Å². The van der Waals surface area contributed by atoms with E-state index >= 15 is 0 Å². The van der Waals surface area contributed by atoms with Gasteiger partial charge < -0.3 is 15.1 Å². The van der Waals surface area contributed by atoms with Gasteiger partial charge in [0.05, 0.1) is 0 Å². The van der Waals surface area contributed by atoms with Crippen LogP contribution in [0.15, 0.2) is 18.3 Å². The van der Waals surface area contributed by atoms with E-state index in [0.717, 1.165) is 44.7 Å². The Labute approximate surface area is 121 Å². The van der Waals surface area contributed by atoms with E-state index in [1.165, 1.54) is 6.42 Å². The van der Waals surface area contributed by atoms with Crippen molar-refractivity contribution in [3.05, 3.63) is 24.0 Å². The molecule has 5 nitrogen and oxygen atoms in total. The van der Waals surface area contributed by atoms with Crippen LogP contribution < -0.4 is 5.32 Å². The summed E-state index contributed by atoms with van der Waals surface area (Å²) in [5.41, 5.74) is 1.50. The van der Waals surface area contributed by atoms with E-state index < -0.39 is 0 Å². The van der Waals surface area contributed by atoms with Gasteiger partial charge in [-0.2, -0.15) is 0 Å². The number of amides is 1. The zero-order chi connectivity index (χ0) is 14.4. The van der Waals surface area contributed by atoms with Gasteiger partial charge in [0.25, 0.3) is 5.91 Å². The molecule has 1 aromatic heterocycles. The number of likely N-dealkylation sites (N-methyl/N-ethyl adjacent to an activating group) is 1. The van der Waals surface area contributed by atoms with Crippen molar-refractivity contribution < 1.29 is 4.79 Å². The number of pyridine rings is 1. The van der Waals surface area contributed by atoms with Crippen LogP contribution in [-0.2, 0) is 0 Å². The molecule has 0 aromatic carbocycles. The lowest BCUT2D eigenvalue weighted by Gasteiger charge is -2.26. The molecule has 1 saturated heterocycles. The number of nitrogens with zero attached hydrogens (tertiary/aromatic N) is 3. The molecule has 110 valence electrons. The minimum atomic E-state index is 0.0564. The summed E-state index contributed by atoms with van der Waals surface area (Å²) in [7, 11) is 4.08. The van der Waals surface area contributed by atoms with Crippen molar-refractivity contribution in [1.29, 1.82) is 0 Å². The number of carbonyl (C=O) groups excluding carboxylic acids is 1. The first-order chi connectivity index (χ1) is 9.66. The second kappa shape index (κ2) is 7.24. The molecule has 1 N–H and O–H groups in total. The van der Waals surface area contributed by atoms with Crippen molar-refractivity contribution >= 4 is 11.6 Å². The summed E-state index contributed by atoms with van der Waals surface area (Å²) in [5.74, 6) is 0.0564. The van der Waals surface area contributed by atoms with E-state index in [9.17, 15) is 4.79 Å². The molecule has 1 aliphatic rings. The lowest BCUT2D eigenvalue weighted by molar-refractivity contribution is 0.0718. The SMILES string of the molecule is CN(C)CCNc1ccnc(C(=O)N2CCCCC2)c1. The van der Waals surface area contributed by atoms with Crippen LogP contribution in [0.5, 0.6) is 0 Å². The van der Waals surface area contributed by atoms with Crippen LogP contribution in [0, 0.1) is 0 Å². The van der Waals surface area contributed by atoms with Crippen LogP contribution in [0.25, 0.3) is 0 Å². The zero-order valence-electron chi connectivity index (χ0n) is 12.4. The summed E-state index contributed by atoms with van der Waals surface area (Å²) in [6.07, 6.45) is 5.14. The molecule has 0 aliphatic carbocycles. The largest absolute Gasteiger partial charge is 0.384 e. The highest BCUT2D eigenvalue weighted by molar-refractivity contribution is 5.93. The number of anilines is 1. The predicted molar refractivity (Wildman–Crippen MR) is 81.0 cm³/mol. The molecule has 20 heavy (non-hydrogen) atoms. The van der Waals surface area contributed by atoms with Crippen LogP contribution in [0.3, 0.4) is 0 Å². The van der Waals surface area contributed by atoms with Gasteiger partial charge in [-0.1, -0.05) is 0 Å². The first-order valence-corrected chi connectivity index (χ1v) is 7.31. The molecule has 1 aromatic rings. The third-order valence-corrected chi connectivity index (χ3v) is 3.51. The smallest absolute Gasteiger partial charge is 0.272 e. The van der Waals surface area contributed by atoms with Gasteiger partial charge in [0.15, 0.2) is 0 Å². The second-order valence-electron chi connectivity index (χ2n) is 5.51. The summed E-state index contributed by atoms with van der Waals surface area (Å²) in [4.78, 5) is 20.6. The van der Waals surface area contributed by atoms with Crippen LogP contribution >= 0.6 is 0 Å². The molecular weight excluding hydrogens is 252 g/mol. The maximum atomic E-state index is 12.4. The Bertz CT molecular complexity index is 441. The number of rotatable bonds is 5. The van der Waals surface area contributed by atoms with Gasteiger partial charge in [-0.25, -0.2) is 0 Å². The first kappa shape index (κ1) is 14.8. The molecule has 0 spiro atoms. The molecule has 1 aliphatic heterocycles. The Kier molecular flexibility index (Phi) is 5.35. The number of hydrogen-bond acceptors (Lipinski definition) is 4. The quantitative estimate of drug-likeness (QED) is 0.889. The molecule has 0 atom stereocenters. The molecule has 0 bridgehead atoms. The molecule has 1 amide bonds. The maximum absolute atomic E-state index is 12.4. The molecule has 0 radical (unpaired) electrons. The predicted octanol–water partition coefficient (Wildman–Crippen LogP) is 1.68. The summed E-state index contributed by atoms with van der Waals surface area (Å²) in [6, 6.07) is 3.76. The van der Waals surface area contributed by atoms with Crippen molar-refractivity contribution in [2.24, 2.45) is 0 Å². The highest BCUT2D eigenvalue weighted by atomic mass is 16.2. The lowest BCUT2D eigenvalue weighted by Crippen LogP contribution is -2.36. The van der Waals surface area contributed by atoms with E-state index in [-0.39, 0.29) is 5.91 Å². The fourth-order valence-corrected chi connectivity index (χ4v) is 2.34. The van der Waals surface area contributed by atoms with E-state index in [1.54, 1.807) is 6.20 Å². The van der Waals surface area contributed by atoms with Crippen molar-refractivity contribution in [1.82, 2.24) is 14.8 Å². The summed E-state index contributed by atoms with van der Waals surface area (Å²) in [6.45, 7) is 3.53. The molecule has 2 heterocycles. The van der Waals surface area contributed by atoms with Crippen molar-refractivity contribution in [2.75, 3.05) is 45.6 Å². The molecule has 2 rings (SSSR count).